The van der Waals surface area contributed by atoms with Gasteiger partial charge in [0.1, 0.15) is 11.6 Å². The Hall–Kier alpha value is -2.56. The minimum absolute atomic E-state index is 0.0234. The molecule has 0 saturated carbocycles. The first-order chi connectivity index (χ1) is 11.6. The number of carbonyl (C=O) groups is 1. The molecule has 0 atom stereocenters. The second-order valence-corrected chi connectivity index (χ2v) is 5.75. The Morgan fingerprint density at radius 3 is 2.88 bits per heavy atom. The lowest BCUT2D eigenvalue weighted by molar-refractivity contribution is -0.117. The van der Waals surface area contributed by atoms with Crippen LogP contribution in [0.1, 0.15) is 5.56 Å². The molecular weight excluding hydrogens is 304 g/mol. The molecule has 0 aromatic heterocycles. The van der Waals surface area contributed by atoms with Crippen LogP contribution < -0.4 is 21.7 Å². The summed E-state index contributed by atoms with van der Waals surface area (Å²) in [6.45, 7) is 7.14. The number of nitrogens with one attached hydrogen (secondary N) is 3. The minimum Gasteiger partial charge on any atom is -0.397 e. The molecule has 1 saturated heterocycles. The van der Waals surface area contributed by atoms with Crippen molar-refractivity contribution < 1.29 is 4.79 Å². The van der Waals surface area contributed by atoms with Gasteiger partial charge in [0, 0.05) is 45.5 Å². The highest BCUT2D eigenvalue weighted by molar-refractivity contribution is 5.97. The summed E-state index contributed by atoms with van der Waals surface area (Å²) in [6, 6.07) is 7.47. The number of hydrogen-bond acceptors (Lipinski definition) is 6. The Morgan fingerprint density at radius 1 is 1.46 bits per heavy atom. The highest BCUT2D eigenvalue weighted by Gasteiger charge is 2.11. The molecule has 0 unspecified atom stereocenters. The number of anilines is 2. The highest BCUT2D eigenvalue weighted by Crippen LogP contribution is 2.19. The Morgan fingerprint density at radius 2 is 2.21 bits per heavy atom. The van der Waals surface area contributed by atoms with Crippen LogP contribution in [-0.4, -0.2) is 50.1 Å². The maximum absolute atomic E-state index is 12.1. The van der Waals surface area contributed by atoms with Crippen LogP contribution in [-0.2, 0) is 4.79 Å². The van der Waals surface area contributed by atoms with Crippen molar-refractivity contribution in [3.63, 3.8) is 0 Å². The molecule has 1 aromatic rings. The van der Waals surface area contributed by atoms with Crippen LogP contribution in [0.25, 0.3) is 0 Å². The maximum atomic E-state index is 12.1. The van der Waals surface area contributed by atoms with Gasteiger partial charge in [-0.15, -0.1) is 0 Å². The van der Waals surface area contributed by atoms with E-state index >= 15 is 0 Å². The highest BCUT2D eigenvalue weighted by atomic mass is 16.1. The zero-order valence-electron chi connectivity index (χ0n) is 13.9. The molecule has 7 nitrogen and oxygen atoms in total. The number of aryl methyl sites for hydroxylation is 1. The molecule has 1 aromatic carbocycles. The number of carbonyl (C=O) groups excluding carboxylic acids is 1. The van der Waals surface area contributed by atoms with E-state index in [0.717, 1.165) is 38.3 Å². The molecule has 1 amide bonds. The van der Waals surface area contributed by atoms with Gasteiger partial charge in [0.15, 0.2) is 0 Å². The second-order valence-electron chi connectivity index (χ2n) is 5.75. The first kappa shape index (κ1) is 17.8. The van der Waals surface area contributed by atoms with E-state index in [1.165, 1.54) is 6.20 Å². The monoisotopic (exact) mass is 328 g/mol. The average molecular weight is 328 g/mol. The summed E-state index contributed by atoms with van der Waals surface area (Å²) in [5.74, 6) is -0.384. The number of hydrogen-bond donors (Lipinski definition) is 4. The number of piperazine rings is 1. The maximum Gasteiger partial charge on any atom is 0.263 e. The van der Waals surface area contributed by atoms with Gasteiger partial charge in [-0.2, -0.15) is 5.26 Å². The average Bonchev–Trinajstić information content (AvgIpc) is 2.58. The first-order valence-corrected chi connectivity index (χ1v) is 8.04. The predicted octanol–water partition coefficient (Wildman–Crippen LogP) is 0.418. The molecular formula is C17H24N6O. The molecule has 0 aliphatic carbocycles. The zero-order valence-corrected chi connectivity index (χ0v) is 13.9. The Labute approximate surface area is 142 Å². The molecule has 1 heterocycles. The van der Waals surface area contributed by atoms with E-state index in [0.29, 0.717) is 17.9 Å². The normalized spacial score (nSPS) is 15.6. The Kier molecular flexibility index (Phi) is 6.61. The molecule has 1 aliphatic rings. The molecule has 0 radical (unpaired) electrons. The van der Waals surface area contributed by atoms with E-state index in [4.69, 9.17) is 11.0 Å². The minimum atomic E-state index is -0.384. The van der Waals surface area contributed by atoms with Crippen LogP contribution in [0.5, 0.6) is 0 Å². The van der Waals surface area contributed by atoms with Crippen molar-refractivity contribution in [2.45, 2.75) is 6.92 Å². The van der Waals surface area contributed by atoms with Crippen LogP contribution >= 0.6 is 0 Å². The Bertz CT molecular complexity index is 643. The van der Waals surface area contributed by atoms with Gasteiger partial charge in [-0.05, 0) is 24.6 Å². The number of rotatable bonds is 6. The summed E-state index contributed by atoms with van der Waals surface area (Å²) >= 11 is 0. The number of nitrogens with zero attached hydrogens (tertiary/aromatic N) is 2. The summed E-state index contributed by atoms with van der Waals surface area (Å²) in [7, 11) is 0. The second kappa shape index (κ2) is 8.91. The Balaban J connectivity index is 1.85. The lowest BCUT2D eigenvalue weighted by Crippen LogP contribution is -2.46. The van der Waals surface area contributed by atoms with Crippen LogP contribution in [0.3, 0.4) is 0 Å². The van der Waals surface area contributed by atoms with Crippen molar-refractivity contribution in [1.29, 1.82) is 5.26 Å². The number of amides is 1. The van der Waals surface area contributed by atoms with Gasteiger partial charge in [0.25, 0.3) is 5.91 Å². The number of benzene rings is 1. The smallest absolute Gasteiger partial charge is 0.263 e. The van der Waals surface area contributed by atoms with Crippen LogP contribution in [0.2, 0.25) is 0 Å². The standard InChI is InChI=1S/C17H24N6O/c1-13-2-3-16(15(19)10-13)22-12-14(11-18)17(24)21-6-9-23-7-4-20-5-8-23/h2-3,10,12,20,22H,4-9,19H2,1H3,(H,21,24)/b14-12-. The van der Waals surface area contributed by atoms with Gasteiger partial charge in [-0.25, -0.2) is 0 Å². The number of nitriles is 1. The third kappa shape index (κ3) is 5.26. The summed E-state index contributed by atoms with van der Waals surface area (Å²) in [5, 5.41) is 18.1. The number of nitrogens with two attached hydrogens (primary N) is 1. The fourth-order valence-corrected chi connectivity index (χ4v) is 2.47. The van der Waals surface area contributed by atoms with Gasteiger partial charge >= 0.3 is 0 Å². The van der Waals surface area contributed by atoms with Crippen LogP contribution in [0.4, 0.5) is 11.4 Å². The van der Waals surface area contributed by atoms with E-state index in [9.17, 15) is 4.79 Å². The summed E-state index contributed by atoms with van der Waals surface area (Å²) in [6.07, 6.45) is 1.39. The van der Waals surface area contributed by atoms with Crippen LogP contribution in [0.15, 0.2) is 30.0 Å². The lowest BCUT2D eigenvalue weighted by atomic mass is 10.2. The zero-order chi connectivity index (χ0) is 17.4. The lowest BCUT2D eigenvalue weighted by Gasteiger charge is -2.27. The fraction of sp³-hybridized carbons (Fsp3) is 0.412. The topological polar surface area (TPSA) is 106 Å². The SMILES string of the molecule is Cc1ccc(N/C=C(/C#N)C(=O)NCCN2CCNCC2)c(N)c1. The van der Waals surface area contributed by atoms with Crippen molar-refractivity contribution in [3.05, 3.63) is 35.5 Å². The van der Waals surface area contributed by atoms with Crippen molar-refractivity contribution in [2.75, 3.05) is 50.3 Å². The molecule has 7 heteroatoms. The van der Waals surface area contributed by atoms with Crippen molar-refractivity contribution in [3.8, 4) is 6.07 Å². The molecule has 128 valence electrons. The number of nitrogen functional groups attached to an aromatic ring is 1. The predicted molar refractivity (Wildman–Crippen MR) is 95.2 cm³/mol. The van der Waals surface area contributed by atoms with E-state index in [-0.39, 0.29) is 11.5 Å². The van der Waals surface area contributed by atoms with E-state index in [2.05, 4.69) is 20.9 Å². The third-order valence-corrected chi connectivity index (χ3v) is 3.87. The van der Waals surface area contributed by atoms with Crippen molar-refractivity contribution in [2.24, 2.45) is 0 Å². The first-order valence-electron chi connectivity index (χ1n) is 8.04. The molecule has 0 spiro atoms. The van der Waals surface area contributed by atoms with Gasteiger partial charge < -0.3 is 21.7 Å². The fourth-order valence-electron chi connectivity index (χ4n) is 2.47. The molecule has 0 bridgehead atoms. The molecule has 2 rings (SSSR count). The van der Waals surface area contributed by atoms with E-state index in [1.54, 1.807) is 0 Å². The summed E-state index contributed by atoms with van der Waals surface area (Å²) in [5.41, 5.74) is 8.22. The quantitative estimate of drug-likeness (QED) is 0.343. The van der Waals surface area contributed by atoms with Gasteiger partial charge in [0.2, 0.25) is 0 Å². The third-order valence-electron chi connectivity index (χ3n) is 3.87. The van der Waals surface area contributed by atoms with E-state index in [1.807, 2.05) is 31.2 Å². The molecule has 24 heavy (non-hydrogen) atoms. The van der Waals surface area contributed by atoms with Crippen LogP contribution in [0, 0.1) is 18.3 Å². The van der Waals surface area contributed by atoms with Crippen molar-refractivity contribution >= 4 is 17.3 Å². The van der Waals surface area contributed by atoms with Crippen molar-refractivity contribution in [1.82, 2.24) is 15.5 Å². The molecule has 5 N–H and O–H groups in total. The molecule has 1 fully saturated rings. The van der Waals surface area contributed by atoms with Gasteiger partial charge in [0.05, 0.1) is 11.4 Å². The summed E-state index contributed by atoms with van der Waals surface area (Å²) in [4.78, 5) is 14.3. The summed E-state index contributed by atoms with van der Waals surface area (Å²) < 4.78 is 0. The van der Waals surface area contributed by atoms with Gasteiger partial charge in [-0.3, -0.25) is 9.69 Å². The largest absolute Gasteiger partial charge is 0.397 e. The van der Waals surface area contributed by atoms with E-state index < -0.39 is 0 Å². The van der Waals surface area contributed by atoms with Gasteiger partial charge in [-0.1, -0.05) is 6.07 Å². The molecule has 1 aliphatic heterocycles.